The summed E-state index contributed by atoms with van der Waals surface area (Å²) >= 11 is 6.82. The molecular formula is C43H31Cl. The minimum absolute atomic E-state index is 0.579. The molecule has 0 nitrogen and oxygen atoms in total. The molecule has 0 N–H and O–H groups in total. The first-order valence-electron chi connectivity index (χ1n) is 14.9. The Labute approximate surface area is 265 Å². The highest BCUT2D eigenvalue weighted by atomic mass is 35.5. The SMILES string of the molecule is C=C/C=C(\C=C)c1ccc(C2(c3ccc(-c4ccccc4)cc3)c3cc(Cl)ccc3-c3c(-c4ccccc4)cccc32)cc1. The fourth-order valence-electron chi connectivity index (χ4n) is 6.86. The number of allylic oxidation sites excluding steroid dienone is 4. The maximum absolute atomic E-state index is 6.82. The van der Waals surface area contributed by atoms with Crippen LogP contribution in [-0.4, -0.2) is 0 Å². The zero-order chi connectivity index (χ0) is 30.1. The molecule has 44 heavy (non-hydrogen) atoms. The van der Waals surface area contributed by atoms with E-state index in [-0.39, 0.29) is 0 Å². The van der Waals surface area contributed by atoms with Gasteiger partial charge in [0.15, 0.2) is 0 Å². The monoisotopic (exact) mass is 582 g/mol. The smallest absolute Gasteiger partial charge is 0.0714 e. The van der Waals surface area contributed by atoms with E-state index in [1.165, 1.54) is 55.6 Å². The first kappa shape index (κ1) is 27.7. The lowest BCUT2D eigenvalue weighted by molar-refractivity contribution is 0.768. The molecule has 6 aromatic rings. The Hall–Kier alpha value is -5.17. The van der Waals surface area contributed by atoms with Gasteiger partial charge in [0.05, 0.1) is 5.41 Å². The van der Waals surface area contributed by atoms with Gasteiger partial charge in [-0.25, -0.2) is 0 Å². The van der Waals surface area contributed by atoms with Crippen molar-refractivity contribution in [2.45, 2.75) is 5.41 Å². The fourth-order valence-corrected chi connectivity index (χ4v) is 7.03. The molecule has 1 aliphatic carbocycles. The van der Waals surface area contributed by atoms with E-state index >= 15 is 0 Å². The summed E-state index contributed by atoms with van der Waals surface area (Å²) in [5.74, 6) is 0. The van der Waals surface area contributed by atoms with Gasteiger partial charge in [-0.05, 0) is 78.9 Å². The van der Waals surface area contributed by atoms with Crippen LogP contribution >= 0.6 is 11.6 Å². The van der Waals surface area contributed by atoms with Crippen molar-refractivity contribution >= 4 is 17.2 Å². The Bertz CT molecular complexity index is 2010. The Morgan fingerprint density at radius 2 is 1.16 bits per heavy atom. The van der Waals surface area contributed by atoms with Gasteiger partial charge in [-0.3, -0.25) is 0 Å². The van der Waals surface area contributed by atoms with Crippen LogP contribution in [0.4, 0.5) is 0 Å². The molecule has 0 radical (unpaired) electrons. The number of rotatable bonds is 7. The molecule has 6 aromatic carbocycles. The van der Waals surface area contributed by atoms with E-state index in [0.29, 0.717) is 0 Å². The highest BCUT2D eigenvalue weighted by Crippen LogP contribution is 2.58. The van der Waals surface area contributed by atoms with Crippen LogP contribution in [0.25, 0.3) is 39.0 Å². The van der Waals surface area contributed by atoms with E-state index in [0.717, 1.165) is 16.2 Å². The third kappa shape index (κ3) is 4.47. The third-order valence-electron chi connectivity index (χ3n) is 8.80. The molecule has 1 aliphatic rings. The second-order valence-corrected chi connectivity index (χ2v) is 11.6. The van der Waals surface area contributed by atoms with Crippen LogP contribution < -0.4 is 0 Å². The summed E-state index contributed by atoms with van der Waals surface area (Å²) in [6.45, 7) is 7.92. The van der Waals surface area contributed by atoms with Gasteiger partial charge in [0.1, 0.15) is 0 Å². The minimum Gasteiger partial charge on any atom is -0.0990 e. The van der Waals surface area contributed by atoms with Crippen LogP contribution in [0.15, 0.2) is 177 Å². The van der Waals surface area contributed by atoms with E-state index in [1.807, 2.05) is 18.2 Å². The molecule has 0 saturated heterocycles. The van der Waals surface area contributed by atoms with Gasteiger partial charge >= 0.3 is 0 Å². The maximum atomic E-state index is 6.82. The van der Waals surface area contributed by atoms with Crippen molar-refractivity contribution < 1.29 is 0 Å². The second-order valence-electron chi connectivity index (χ2n) is 11.1. The Kier molecular flexibility index (Phi) is 7.22. The molecule has 1 atom stereocenters. The molecule has 0 saturated carbocycles. The van der Waals surface area contributed by atoms with Gasteiger partial charge in [-0.2, -0.15) is 0 Å². The molecule has 0 spiro atoms. The van der Waals surface area contributed by atoms with Gasteiger partial charge in [-0.15, -0.1) is 0 Å². The Morgan fingerprint density at radius 1 is 0.545 bits per heavy atom. The van der Waals surface area contributed by atoms with Gasteiger partial charge in [-0.1, -0.05) is 176 Å². The molecule has 0 heterocycles. The van der Waals surface area contributed by atoms with Crippen molar-refractivity contribution in [3.63, 3.8) is 0 Å². The summed E-state index contributed by atoms with van der Waals surface area (Å²) in [6.07, 6.45) is 5.67. The fraction of sp³-hybridized carbons (Fsp3) is 0.0233. The Morgan fingerprint density at radius 3 is 1.80 bits per heavy atom. The molecule has 0 fully saturated rings. The van der Waals surface area contributed by atoms with Gasteiger partial charge in [0, 0.05) is 5.02 Å². The van der Waals surface area contributed by atoms with Gasteiger partial charge in [0.25, 0.3) is 0 Å². The highest BCUT2D eigenvalue weighted by Gasteiger charge is 2.47. The molecule has 1 heteroatoms. The third-order valence-corrected chi connectivity index (χ3v) is 9.04. The summed E-state index contributed by atoms with van der Waals surface area (Å²) in [4.78, 5) is 0. The average Bonchev–Trinajstić information content (AvgIpc) is 3.38. The molecule has 0 amide bonds. The van der Waals surface area contributed by atoms with Crippen LogP contribution in [0.5, 0.6) is 0 Å². The van der Waals surface area contributed by atoms with Crippen LogP contribution in [0.3, 0.4) is 0 Å². The number of benzene rings is 6. The standard InChI is InChI=1S/C43H31Cl/c1-3-12-30(4-2)32-19-23-35(24-20-32)43(36-25-21-33(22-26-36)31-13-7-5-8-14-31)40-18-11-17-38(34-15-9-6-10-16-34)42(40)39-28-27-37(44)29-41(39)43/h3-29H,1-2H2/b30-12+. The molecule has 0 aliphatic heterocycles. The number of halogens is 1. The van der Waals surface area contributed by atoms with Gasteiger partial charge in [0.2, 0.25) is 0 Å². The summed E-state index contributed by atoms with van der Waals surface area (Å²) < 4.78 is 0. The van der Waals surface area contributed by atoms with Crippen molar-refractivity contribution in [1.82, 2.24) is 0 Å². The van der Waals surface area contributed by atoms with Crippen LogP contribution in [-0.2, 0) is 5.41 Å². The molecule has 0 aromatic heterocycles. The summed E-state index contributed by atoms with van der Waals surface area (Å²) in [5.41, 5.74) is 13.6. The molecule has 1 unspecified atom stereocenters. The average molecular weight is 583 g/mol. The van der Waals surface area contributed by atoms with E-state index in [9.17, 15) is 0 Å². The largest absolute Gasteiger partial charge is 0.0990 e. The number of hydrogen-bond donors (Lipinski definition) is 0. The number of fused-ring (bicyclic) bond motifs is 3. The maximum Gasteiger partial charge on any atom is 0.0714 e. The predicted molar refractivity (Wildman–Crippen MR) is 188 cm³/mol. The van der Waals surface area contributed by atoms with E-state index in [1.54, 1.807) is 6.08 Å². The highest BCUT2D eigenvalue weighted by molar-refractivity contribution is 6.30. The first-order chi connectivity index (χ1) is 21.6. The summed E-state index contributed by atoms with van der Waals surface area (Å²) in [6, 6.07) is 52.3. The summed E-state index contributed by atoms with van der Waals surface area (Å²) in [5, 5.41) is 0.725. The lowest BCUT2D eigenvalue weighted by Gasteiger charge is -2.34. The normalized spacial score (nSPS) is 15.3. The predicted octanol–water partition coefficient (Wildman–Crippen LogP) is 11.8. The zero-order valence-corrected chi connectivity index (χ0v) is 25.1. The van der Waals surface area contributed by atoms with Crippen molar-refractivity contribution in [2.24, 2.45) is 0 Å². The minimum atomic E-state index is -0.579. The lowest BCUT2D eigenvalue weighted by Crippen LogP contribution is -2.28. The van der Waals surface area contributed by atoms with Crippen molar-refractivity contribution in [3.8, 4) is 33.4 Å². The van der Waals surface area contributed by atoms with Crippen LogP contribution in [0, 0.1) is 0 Å². The van der Waals surface area contributed by atoms with Crippen molar-refractivity contribution in [1.29, 1.82) is 0 Å². The zero-order valence-electron chi connectivity index (χ0n) is 24.4. The van der Waals surface area contributed by atoms with Crippen molar-refractivity contribution in [2.75, 3.05) is 0 Å². The Balaban J connectivity index is 1.54. The summed E-state index contributed by atoms with van der Waals surface area (Å²) in [7, 11) is 0. The van der Waals surface area contributed by atoms with E-state index < -0.39 is 5.41 Å². The molecule has 0 bridgehead atoms. The second kappa shape index (κ2) is 11.5. The van der Waals surface area contributed by atoms with Gasteiger partial charge < -0.3 is 0 Å². The quantitative estimate of drug-likeness (QED) is 0.164. The number of hydrogen-bond acceptors (Lipinski definition) is 0. The molecule has 210 valence electrons. The van der Waals surface area contributed by atoms with E-state index in [2.05, 4.69) is 153 Å². The topological polar surface area (TPSA) is 0 Å². The lowest BCUT2D eigenvalue weighted by atomic mass is 9.67. The first-order valence-corrected chi connectivity index (χ1v) is 15.2. The van der Waals surface area contributed by atoms with Crippen LogP contribution in [0.1, 0.15) is 27.8 Å². The molecular weight excluding hydrogens is 552 g/mol. The van der Waals surface area contributed by atoms with Crippen LogP contribution in [0.2, 0.25) is 5.02 Å². The molecule has 7 rings (SSSR count). The van der Waals surface area contributed by atoms with E-state index in [4.69, 9.17) is 11.6 Å². The van der Waals surface area contributed by atoms with Crippen molar-refractivity contribution in [3.05, 3.63) is 210 Å².